The van der Waals surface area contributed by atoms with Gasteiger partial charge in [0.15, 0.2) is 0 Å². The summed E-state index contributed by atoms with van der Waals surface area (Å²) in [5.41, 5.74) is 2.66. The second-order valence-corrected chi connectivity index (χ2v) is 8.50. The van der Waals surface area contributed by atoms with Gasteiger partial charge in [-0.2, -0.15) is 0 Å². The Morgan fingerprint density at radius 1 is 1.09 bits per heavy atom. The van der Waals surface area contributed by atoms with Crippen molar-refractivity contribution in [1.82, 2.24) is 4.90 Å². The maximum atomic E-state index is 13.7. The Morgan fingerprint density at radius 2 is 1.91 bits per heavy atom. The van der Waals surface area contributed by atoms with Crippen molar-refractivity contribution in [1.29, 1.82) is 0 Å². The molecule has 9 heteroatoms. The van der Waals surface area contributed by atoms with Gasteiger partial charge in [-0.25, -0.2) is 14.0 Å². The maximum absolute atomic E-state index is 13.7. The van der Waals surface area contributed by atoms with Crippen LogP contribution in [0.15, 0.2) is 42.5 Å². The van der Waals surface area contributed by atoms with Crippen LogP contribution in [0.2, 0.25) is 0 Å². The summed E-state index contributed by atoms with van der Waals surface area (Å²) in [7, 11) is 0. The molecule has 4 rings (SSSR count). The lowest BCUT2D eigenvalue weighted by molar-refractivity contribution is -0.138. The summed E-state index contributed by atoms with van der Waals surface area (Å²) >= 11 is 0. The molecule has 0 saturated heterocycles. The summed E-state index contributed by atoms with van der Waals surface area (Å²) in [6.07, 6.45) is 2.15. The van der Waals surface area contributed by atoms with Crippen LogP contribution in [0.5, 0.6) is 0 Å². The molecule has 1 aliphatic carbocycles. The van der Waals surface area contributed by atoms with Crippen molar-refractivity contribution in [3.63, 3.8) is 0 Å². The van der Waals surface area contributed by atoms with E-state index >= 15 is 0 Å². The Bertz CT molecular complexity index is 1060. The van der Waals surface area contributed by atoms with Gasteiger partial charge in [0.2, 0.25) is 0 Å². The fourth-order valence-electron chi connectivity index (χ4n) is 4.42. The number of hydrogen-bond acceptors (Lipinski definition) is 4. The number of benzene rings is 2. The second kappa shape index (κ2) is 9.89. The van der Waals surface area contributed by atoms with Gasteiger partial charge in [0.05, 0.1) is 5.69 Å². The van der Waals surface area contributed by atoms with Crippen LogP contribution in [0.25, 0.3) is 0 Å². The Balaban J connectivity index is 1.30. The molecule has 1 saturated carbocycles. The topological polar surface area (TPSA) is 108 Å². The number of nitrogens with zero attached hydrogens (tertiary/aromatic N) is 1. The van der Waals surface area contributed by atoms with Gasteiger partial charge in [-0.15, -0.1) is 0 Å². The van der Waals surface area contributed by atoms with Crippen LogP contribution in [0.4, 0.5) is 25.4 Å². The van der Waals surface area contributed by atoms with Gasteiger partial charge in [0.1, 0.15) is 11.9 Å². The highest BCUT2D eigenvalue weighted by Crippen LogP contribution is 2.31. The molecule has 2 aromatic carbocycles. The number of hydrogen-bond donors (Lipinski definition) is 3. The minimum atomic E-state index is -0.821. The first-order valence-corrected chi connectivity index (χ1v) is 11.0. The highest BCUT2D eigenvalue weighted by atomic mass is 19.1. The Kier molecular flexibility index (Phi) is 6.76. The van der Waals surface area contributed by atoms with Gasteiger partial charge in [-0.1, -0.05) is 18.2 Å². The molecule has 0 radical (unpaired) electrons. The van der Waals surface area contributed by atoms with E-state index in [9.17, 15) is 18.8 Å². The zero-order chi connectivity index (χ0) is 23.4. The van der Waals surface area contributed by atoms with E-state index in [1.54, 1.807) is 23.1 Å². The lowest BCUT2D eigenvalue weighted by Crippen LogP contribution is -2.38. The third kappa shape index (κ3) is 5.79. The number of rotatable bonds is 5. The molecule has 0 spiro atoms. The molecular weight excluding hydrogens is 429 g/mol. The van der Waals surface area contributed by atoms with Crippen molar-refractivity contribution >= 4 is 29.5 Å². The first-order valence-electron chi connectivity index (χ1n) is 11.0. The average Bonchev–Trinajstić information content (AvgIpc) is 3.20. The summed E-state index contributed by atoms with van der Waals surface area (Å²) in [6.45, 7) is 0.892. The first-order chi connectivity index (χ1) is 15.9. The van der Waals surface area contributed by atoms with E-state index in [1.165, 1.54) is 12.1 Å². The van der Waals surface area contributed by atoms with Gasteiger partial charge >= 0.3 is 18.1 Å². The summed E-state index contributed by atoms with van der Waals surface area (Å²) in [6, 6.07) is 10.8. The number of ether oxygens (including phenoxy) is 1. The lowest BCUT2D eigenvalue weighted by atomic mass is 9.99. The zero-order valence-corrected chi connectivity index (χ0v) is 18.1. The van der Waals surface area contributed by atoms with Crippen LogP contribution in [0, 0.1) is 11.7 Å². The monoisotopic (exact) mass is 455 g/mol. The fourth-order valence-corrected chi connectivity index (χ4v) is 4.42. The van der Waals surface area contributed by atoms with E-state index in [4.69, 9.17) is 9.84 Å². The highest BCUT2D eigenvalue weighted by molar-refractivity contribution is 5.99. The first kappa shape index (κ1) is 22.6. The van der Waals surface area contributed by atoms with Crippen LogP contribution < -0.4 is 10.6 Å². The minimum absolute atomic E-state index is 0.0592. The number of urea groups is 1. The van der Waals surface area contributed by atoms with Crippen molar-refractivity contribution in [2.45, 2.75) is 44.8 Å². The van der Waals surface area contributed by atoms with E-state index < -0.39 is 17.8 Å². The van der Waals surface area contributed by atoms with Gasteiger partial charge < -0.3 is 25.4 Å². The van der Waals surface area contributed by atoms with E-state index in [0.29, 0.717) is 38.0 Å². The van der Waals surface area contributed by atoms with Crippen molar-refractivity contribution in [2.24, 2.45) is 5.92 Å². The predicted octanol–water partition coefficient (Wildman–Crippen LogP) is 4.61. The summed E-state index contributed by atoms with van der Waals surface area (Å²) < 4.78 is 19.3. The summed E-state index contributed by atoms with van der Waals surface area (Å²) in [5, 5.41) is 14.1. The molecule has 1 heterocycles. The normalized spacial score (nSPS) is 19.5. The number of halogens is 1. The lowest BCUT2D eigenvalue weighted by Gasteiger charge is -2.29. The average molecular weight is 455 g/mol. The number of carboxylic acid groups (broad SMARTS) is 1. The van der Waals surface area contributed by atoms with Crippen LogP contribution in [-0.4, -0.2) is 40.7 Å². The number of para-hydroxylation sites is 1. The molecule has 0 aromatic heterocycles. The third-order valence-electron chi connectivity index (χ3n) is 6.08. The van der Waals surface area contributed by atoms with E-state index in [2.05, 4.69) is 10.6 Å². The summed E-state index contributed by atoms with van der Waals surface area (Å²) in [4.78, 5) is 37.3. The molecule has 33 heavy (non-hydrogen) atoms. The van der Waals surface area contributed by atoms with Crippen LogP contribution in [-0.2, 0) is 22.5 Å². The van der Waals surface area contributed by atoms with Crippen molar-refractivity contribution in [3.05, 3.63) is 59.4 Å². The summed E-state index contributed by atoms with van der Waals surface area (Å²) in [5.74, 6) is -1.28. The molecule has 3 amide bonds. The molecule has 1 aliphatic heterocycles. The number of carbonyl (C=O) groups is 3. The second-order valence-electron chi connectivity index (χ2n) is 8.50. The highest BCUT2D eigenvalue weighted by Gasteiger charge is 2.31. The number of anilines is 2. The molecule has 0 bridgehead atoms. The SMILES string of the molecule is O=C(O)CC1CCC(OC(=O)N2CCc3cc(NC(=O)Nc4ccccc4F)ccc3C2)C1. The zero-order valence-electron chi connectivity index (χ0n) is 18.1. The molecule has 2 unspecified atom stereocenters. The molecule has 2 aliphatic rings. The molecule has 8 nitrogen and oxygen atoms in total. The van der Waals surface area contributed by atoms with Crippen LogP contribution in [0.3, 0.4) is 0 Å². The maximum Gasteiger partial charge on any atom is 0.410 e. The largest absolute Gasteiger partial charge is 0.481 e. The quantitative estimate of drug-likeness (QED) is 0.610. The predicted molar refractivity (Wildman–Crippen MR) is 119 cm³/mol. The Hall–Kier alpha value is -3.62. The van der Waals surface area contributed by atoms with Gasteiger partial charge in [0.25, 0.3) is 0 Å². The molecule has 174 valence electrons. The smallest absolute Gasteiger partial charge is 0.410 e. The molecule has 1 fully saturated rings. The van der Waals surface area contributed by atoms with E-state index in [-0.39, 0.29) is 30.2 Å². The van der Waals surface area contributed by atoms with Crippen LogP contribution >= 0.6 is 0 Å². The van der Waals surface area contributed by atoms with Gasteiger partial charge in [-0.05, 0) is 67.0 Å². The van der Waals surface area contributed by atoms with Crippen molar-refractivity contribution in [3.8, 4) is 0 Å². The third-order valence-corrected chi connectivity index (χ3v) is 6.08. The molecule has 3 N–H and O–H groups in total. The van der Waals surface area contributed by atoms with E-state index in [0.717, 1.165) is 17.5 Å². The van der Waals surface area contributed by atoms with Crippen LogP contribution in [0.1, 0.15) is 36.8 Å². The molecule has 2 aromatic rings. The molecule has 2 atom stereocenters. The Morgan fingerprint density at radius 3 is 2.70 bits per heavy atom. The number of amides is 3. The van der Waals surface area contributed by atoms with E-state index in [1.807, 2.05) is 12.1 Å². The minimum Gasteiger partial charge on any atom is -0.481 e. The number of aliphatic carboxylic acids is 1. The van der Waals surface area contributed by atoms with Crippen molar-refractivity contribution < 1.29 is 28.6 Å². The number of nitrogens with one attached hydrogen (secondary N) is 2. The number of carbonyl (C=O) groups excluding carboxylic acids is 2. The van der Waals surface area contributed by atoms with Crippen molar-refractivity contribution in [2.75, 3.05) is 17.2 Å². The Labute approximate surface area is 190 Å². The molecular formula is C24H26FN3O5. The number of fused-ring (bicyclic) bond motifs is 1. The van der Waals surface area contributed by atoms with Gasteiger partial charge in [0, 0.05) is 25.2 Å². The number of carboxylic acids is 1. The fraction of sp³-hybridized carbons (Fsp3) is 0.375. The van der Waals surface area contributed by atoms with Gasteiger partial charge in [-0.3, -0.25) is 4.79 Å². The standard InChI is InChI=1S/C24H26FN3O5/c25-20-3-1-2-4-21(20)27-23(31)26-18-7-6-17-14-28(10-9-16(17)13-18)24(32)33-19-8-5-15(11-19)12-22(29)30/h1-4,6-7,13,15,19H,5,8-12,14H2,(H,29,30)(H2,26,27,31).